The van der Waals surface area contributed by atoms with E-state index in [0.717, 1.165) is 63.5 Å². The van der Waals surface area contributed by atoms with Gasteiger partial charge in [0.05, 0.1) is 11.2 Å². The van der Waals surface area contributed by atoms with Crippen molar-refractivity contribution in [2.75, 3.05) is 13.1 Å². The molecule has 2 fully saturated rings. The van der Waals surface area contributed by atoms with Gasteiger partial charge in [-0.1, -0.05) is 121 Å². The molecule has 0 amide bonds. The highest BCUT2D eigenvalue weighted by Gasteiger charge is 2.53. The fourth-order valence-corrected chi connectivity index (χ4v) is 8.34. The molecule has 0 N–H and O–H groups in total. The van der Waals surface area contributed by atoms with Gasteiger partial charge < -0.3 is 9.80 Å². The zero-order valence-corrected chi connectivity index (χ0v) is 31.7. The topological polar surface area (TPSA) is 27.5 Å². The van der Waals surface area contributed by atoms with Crippen LogP contribution in [0.1, 0.15) is 100 Å². The number of fused-ring (bicyclic) bond motifs is 3. The van der Waals surface area contributed by atoms with Gasteiger partial charge >= 0.3 is 0 Å². The Morgan fingerprint density at radius 2 is 1.53 bits per heavy atom. The van der Waals surface area contributed by atoms with Crippen LogP contribution >= 0.6 is 0 Å². The van der Waals surface area contributed by atoms with E-state index < -0.39 is 0 Å². The van der Waals surface area contributed by atoms with E-state index in [-0.39, 0.29) is 11.0 Å². The Hall–Kier alpha value is -4.09. The van der Waals surface area contributed by atoms with Gasteiger partial charge in [0.2, 0.25) is 0 Å². The van der Waals surface area contributed by atoms with E-state index >= 15 is 0 Å². The van der Waals surface area contributed by atoms with Crippen LogP contribution in [0.25, 0.3) is 5.69 Å². The molecule has 4 heterocycles. The predicted molar refractivity (Wildman–Crippen MR) is 207 cm³/mol. The first-order valence-electron chi connectivity index (χ1n) is 18.6. The van der Waals surface area contributed by atoms with Crippen molar-refractivity contribution in [1.82, 2.24) is 24.5 Å². The van der Waals surface area contributed by atoms with Gasteiger partial charge in [0, 0.05) is 56.2 Å². The smallest absolute Gasteiger partial charge is 0.102 e. The van der Waals surface area contributed by atoms with E-state index in [4.69, 9.17) is 6.58 Å². The molecular formula is C44H59N5. The molecule has 3 aliphatic heterocycles. The molecule has 7 rings (SSSR count). The highest BCUT2D eigenvalue weighted by Crippen LogP contribution is 2.52. The first-order valence-corrected chi connectivity index (χ1v) is 18.6. The molecule has 3 aromatic carbocycles. The lowest BCUT2D eigenvalue weighted by atomic mass is 9.75. The summed E-state index contributed by atoms with van der Waals surface area (Å²) in [5.74, 6) is 1.13. The highest BCUT2D eigenvalue weighted by atomic mass is 15.5. The monoisotopic (exact) mass is 657 g/mol. The standard InChI is InChI=1S/C40H47N5.2C2H6/c1-7-34-23-30(3)24-35-28-43-31(4)44(27-32-12-14-36(15-13-32)45-19-9-18-41-45)40(37(43)25-39(5,6)38(34)35)16-20-42(21-17-40)26-33-11-8-10-29(2)22-33;2*1-2/h8-15,18-19,22-25H,4,7,16-17,20-21,26-28H2,1-3,5-6H3;2*1-2H3. The van der Waals surface area contributed by atoms with Crippen LogP contribution in [-0.2, 0) is 31.5 Å². The zero-order valence-electron chi connectivity index (χ0n) is 31.7. The van der Waals surface area contributed by atoms with E-state index in [1.165, 1.54) is 44.6 Å². The average molecular weight is 658 g/mol. The molecule has 3 aliphatic rings. The fourth-order valence-electron chi connectivity index (χ4n) is 8.34. The normalized spacial score (nSPS) is 17.7. The average Bonchev–Trinajstić information content (AvgIpc) is 3.68. The number of allylic oxidation sites excluding steroid dienone is 1. The van der Waals surface area contributed by atoms with E-state index in [1.54, 1.807) is 0 Å². The third-order valence-corrected chi connectivity index (χ3v) is 10.4. The maximum atomic E-state index is 4.83. The van der Waals surface area contributed by atoms with Gasteiger partial charge in [-0.05, 0) is 79.1 Å². The number of nitrogens with zero attached hydrogens (tertiary/aromatic N) is 5. The zero-order chi connectivity index (χ0) is 35.3. The Balaban J connectivity index is 0.00000113. The summed E-state index contributed by atoms with van der Waals surface area (Å²) in [5.41, 5.74) is 12.2. The Labute approximate surface area is 296 Å². The summed E-state index contributed by atoms with van der Waals surface area (Å²) in [6.45, 7) is 29.3. The second kappa shape index (κ2) is 15.2. The van der Waals surface area contributed by atoms with Gasteiger partial charge in [0.1, 0.15) is 5.82 Å². The van der Waals surface area contributed by atoms with Crippen molar-refractivity contribution in [2.24, 2.45) is 0 Å². The molecule has 260 valence electrons. The number of aryl methyl sites for hydroxylation is 3. The van der Waals surface area contributed by atoms with Gasteiger partial charge in [-0.3, -0.25) is 4.90 Å². The molecule has 0 radical (unpaired) electrons. The molecule has 1 aromatic heterocycles. The number of hydrogen-bond acceptors (Lipinski definition) is 4. The van der Waals surface area contributed by atoms with Crippen LogP contribution in [0.3, 0.4) is 0 Å². The Bertz CT molecular complexity index is 1740. The summed E-state index contributed by atoms with van der Waals surface area (Å²) in [4.78, 5) is 7.88. The molecule has 5 heteroatoms. The van der Waals surface area contributed by atoms with Crippen LogP contribution < -0.4 is 0 Å². The van der Waals surface area contributed by atoms with E-state index in [2.05, 4.69) is 121 Å². The molecule has 49 heavy (non-hydrogen) atoms. The number of aromatic nitrogens is 2. The number of hydrogen-bond donors (Lipinski definition) is 0. The van der Waals surface area contributed by atoms with Gasteiger partial charge in [0.25, 0.3) is 0 Å². The van der Waals surface area contributed by atoms with Gasteiger partial charge in [-0.25, -0.2) is 4.68 Å². The summed E-state index contributed by atoms with van der Waals surface area (Å²) in [7, 11) is 0. The van der Waals surface area contributed by atoms with E-state index in [1.807, 2.05) is 50.8 Å². The Morgan fingerprint density at radius 1 is 0.816 bits per heavy atom. The van der Waals surface area contributed by atoms with Crippen molar-refractivity contribution in [3.8, 4) is 5.69 Å². The third-order valence-electron chi connectivity index (χ3n) is 10.4. The lowest BCUT2D eigenvalue weighted by molar-refractivity contribution is 0.0810. The maximum absolute atomic E-state index is 4.83. The minimum absolute atomic E-state index is 0.0775. The molecule has 0 atom stereocenters. The third kappa shape index (κ3) is 7.14. The van der Waals surface area contributed by atoms with Crippen LogP contribution in [0.15, 0.2) is 103 Å². The predicted octanol–water partition coefficient (Wildman–Crippen LogP) is 10.1. The molecule has 0 unspecified atom stereocenters. The van der Waals surface area contributed by atoms with Gasteiger partial charge in [-0.2, -0.15) is 5.10 Å². The van der Waals surface area contributed by atoms with Crippen LogP contribution in [0.2, 0.25) is 0 Å². The summed E-state index contributed by atoms with van der Waals surface area (Å²) in [6, 6.07) is 24.7. The lowest BCUT2D eigenvalue weighted by Gasteiger charge is -2.46. The number of likely N-dealkylation sites (tertiary alicyclic amines) is 1. The molecule has 4 aromatic rings. The SMILES string of the molecule is C=C1N2Cc3cc(C)cc(CC)c3C(C)(C)C=C2C2(CCN(Cc3cccc(C)c3)CC2)N1Cc1ccc(-n2cccn2)cc1.CC.CC. The first kappa shape index (κ1) is 36.2. The van der Waals surface area contributed by atoms with Crippen molar-refractivity contribution in [3.63, 3.8) is 0 Å². The number of piperidine rings is 1. The largest absolute Gasteiger partial charge is 0.343 e. The quantitative estimate of drug-likeness (QED) is 0.206. The van der Waals surface area contributed by atoms with Crippen LogP contribution in [0, 0.1) is 13.8 Å². The van der Waals surface area contributed by atoms with Crippen LogP contribution in [0.5, 0.6) is 0 Å². The van der Waals surface area contributed by atoms with Crippen LogP contribution in [-0.4, -0.2) is 43.1 Å². The second-order valence-corrected chi connectivity index (χ2v) is 14.1. The first-order chi connectivity index (χ1) is 23.7. The molecule has 1 spiro atoms. The molecule has 2 saturated heterocycles. The lowest BCUT2D eigenvalue weighted by Crippen LogP contribution is -2.52. The van der Waals surface area contributed by atoms with E-state index in [0.29, 0.717) is 0 Å². The molecule has 0 saturated carbocycles. The maximum Gasteiger partial charge on any atom is 0.102 e. The van der Waals surface area contributed by atoms with Crippen molar-refractivity contribution < 1.29 is 0 Å². The molecule has 0 aliphatic carbocycles. The van der Waals surface area contributed by atoms with Crippen molar-refractivity contribution >= 4 is 0 Å². The molecular weight excluding hydrogens is 599 g/mol. The van der Waals surface area contributed by atoms with Crippen molar-refractivity contribution in [2.45, 2.75) is 112 Å². The highest BCUT2D eigenvalue weighted by molar-refractivity contribution is 5.51. The van der Waals surface area contributed by atoms with Crippen LogP contribution in [0.4, 0.5) is 0 Å². The van der Waals surface area contributed by atoms with Gasteiger partial charge in [0.15, 0.2) is 0 Å². The minimum atomic E-state index is -0.0957. The molecule has 0 bridgehead atoms. The van der Waals surface area contributed by atoms with Crippen molar-refractivity contribution in [3.05, 3.63) is 142 Å². The summed E-state index contributed by atoms with van der Waals surface area (Å²) in [6.07, 6.45) is 9.66. The van der Waals surface area contributed by atoms with Gasteiger partial charge in [-0.15, -0.1) is 0 Å². The number of rotatable bonds is 6. The van der Waals surface area contributed by atoms with Crippen molar-refractivity contribution in [1.29, 1.82) is 0 Å². The Kier molecular flexibility index (Phi) is 11.2. The molecule has 5 nitrogen and oxygen atoms in total. The van der Waals surface area contributed by atoms with E-state index in [9.17, 15) is 0 Å². The summed E-state index contributed by atoms with van der Waals surface area (Å²) >= 11 is 0. The summed E-state index contributed by atoms with van der Waals surface area (Å²) < 4.78 is 1.92. The Morgan fingerprint density at radius 3 is 2.16 bits per heavy atom. The minimum Gasteiger partial charge on any atom is -0.343 e. The second-order valence-electron chi connectivity index (χ2n) is 14.1. The fraction of sp³-hybridized carbons (Fsp3) is 0.432. The summed E-state index contributed by atoms with van der Waals surface area (Å²) in [5, 5.41) is 4.42. The number of benzene rings is 3.